The van der Waals surface area contributed by atoms with Gasteiger partial charge in [0.2, 0.25) is 5.91 Å². The molecule has 2 aromatic carbocycles. The number of carbonyl (C=O) groups is 1. The lowest BCUT2D eigenvalue weighted by molar-refractivity contribution is -0.114. The number of hydrogen-bond donors (Lipinski definition) is 1. The predicted octanol–water partition coefficient (Wildman–Crippen LogP) is 4.15. The molecule has 1 N–H and O–H groups in total. The lowest BCUT2D eigenvalue weighted by Crippen LogP contribution is -2.13. The highest BCUT2D eigenvalue weighted by molar-refractivity contribution is 7.87. The second-order valence-corrected chi connectivity index (χ2v) is 8.39. The van der Waals surface area contributed by atoms with Crippen LogP contribution in [0.4, 0.5) is 5.69 Å². The number of amides is 1. The van der Waals surface area contributed by atoms with Gasteiger partial charge in [-0.2, -0.15) is 8.42 Å². The summed E-state index contributed by atoms with van der Waals surface area (Å²) in [5, 5.41) is 5.39. The number of hydrogen-bond acceptors (Lipinski definition) is 6. The fourth-order valence-electron chi connectivity index (χ4n) is 2.46. The molecule has 0 saturated heterocycles. The van der Waals surface area contributed by atoms with Crippen LogP contribution in [-0.2, 0) is 14.9 Å². The van der Waals surface area contributed by atoms with Crippen molar-refractivity contribution in [1.82, 2.24) is 4.98 Å². The Hall–Kier alpha value is -2.71. The van der Waals surface area contributed by atoms with E-state index in [1.165, 1.54) is 24.3 Å². The summed E-state index contributed by atoms with van der Waals surface area (Å²) in [4.78, 5) is 15.6. The minimum absolute atomic E-state index is 0.00775. The topological polar surface area (TPSA) is 85.4 Å². The third-order valence-corrected chi connectivity index (χ3v) is 6.10. The number of nitrogens with zero attached hydrogens (tertiary/aromatic N) is 1. The summed E-state index contributed by atoms with van der Waals surface area (Å²) in [7, 11) is -4.04. The van der Waals surface area contributed by atoms with E-state index in [9.17, 15) is 13.2 Å². The monoisotopic (exact) mass is 402 g/mol. The molecule has 0 aliphatic rings. The van der Waals surface area contributed by atoms with Crippen LogP contribution in [0, 0.1) is 13.8 Å². The first-order chi connectivity index (χ1) is 12.7. The minimum Gasteiger partial charge on any atom is -0.379 e. The first kappa shape index (κ1) is 19.1. The van der Waals surface area contributed by atoms with Crippen LogP contribution in [0.5, 0.6) is 5.75 Å². The fraction of sp³-hybridized carbons (Fsp3) is 0.158. The maximum Gasteiger partial charge on any atom is 0.339 e. The molecule has 0 aliphatic heterocycles. The molecule has 0 atom stereocenters. The van der Waals surface area contributed by atoms with E-state index in [0.717, 1.165) is 16.3 Å². The van der Waals surface area contributed by atoms with Gasteiger partial charge in [-0.3, -0.25) is 4.79 Å². The van der Waals surface area contributed by atoms with Crippen molar-refractivity contribution in [3.8, 4) is 16.3 Å². The average Bonchev–Trinajstić information content (AvgIpc) is 3.03. The summed E-state index contributed by atoms with van der Waals surface area (Å²) in [5.41, 5.74) is 2.75. The number of aryl methyl sites for hydroxylation is 2. The number of thiazole rings is 1. The van der Waals surface area contributed by atoms with Gasteiger partial charge in [0.05, 0.1) is 0 Å². The molecule has 0 bridgehead atoms. The molecular weight excluding hydrogens is 384 g/mol. The number of carbonyl (C=O) groups excluding carboxylic acids is 1. The second kappa shape index (κ2) is 7.50. The van der Waals surface area contributed by atoms with E-state index >= 15 is 0 Å². The van der Waals surface area contributed by atoms with Crippen LogP contribution in [0.3, 0.4) is 0 Å². The van der Waals surface area contributed by atoms with Crippen molar-refractivity contribution < 1.29 is 17.4 Å². The van der Waals surface area contributed by atoms with E-state index in [0.29, 0.717) is 11.3 Å². The van der Waals surface area contributed by atoms with Gasteiger partial charge in [0, 0.05) is 29.2 Å². The predicted molar refractivity (Wildman–Crippen MR) is 106 cm³/mol. The van der Waals surface area contributed by atoms with Crippen molar-refractivity contribution in [3.05, 3.63) is 59.1 Å². The van der Waals surface area contributed by atoms with Gasteiger partial charge in [0.25, 0.3) is 0 Å². The van der Waals surface area contributed by atoms with E-state index in [1.807, 2.05) is 12.3 Å². The normalized spacial score (nSPS) is 11.2. The molecule has 1 heterocycles. The first-order valence-electron chi connectivity index (χ1n) is 8.10. The van der Waals surface area contributed by atoms with Gasteiger partial charge >= 0.3 is 10.1 Å². The van der Waals surface area contributed by atoms with Crippen LogP contribution in [0.1, 0.15) is 18.2 Å². The Labute approximate surface area is 162 Å². The quantitative estimate of drug-likeness (QED) is 0.648. The molecule has 0 fully saturated rings. The van der Waals surface area contributed by atoms with Gasteiger partial charge in [0.1, 0.15) is 15.7 Å². The van der Waals surface area contributed by atoms with Gasteiger partial charge in [-0.25, -0.2) is 4.98 Å². The Balaban J connectivity index is 1.85. The van der Waals surface area contributed by atoms with Crippen molar-refractivity contribution in [2.24, 2.45) is 0 Å². The molecule has 1 aromatic heterocycles. The van der Waals surface area contributed by atoms with E-state index in [1.54, 1.807) is 43.3 Å². The molecule has 8 heteroatoms. The number of anilines is 1. The SMILES string of the molecule is CC(=O)Nc1ccc(C)c(S(=O)(=O)Oc2ccc(-c3nc(C)cs3)cc2)c1. The van der Waals surface area contributed by atoms with E-state index in [4.69, 9.17) is 4.18 Å². The summed E-state index contributed by atoms with van der Waals surface area (Å²) in [6, 6.07) is 11.4. The van der Waals surface area contributed by atoms with Crippen LogP contribution in [0.25, 0.3) is 10.6 Å². The zero-order valence-electron chi connectivity index (χ0n) is 15.0. The largest absolute Gasteiger partial charge is 0.379 e. The molecule has 140 valence electrons. The van der Waals surface area contributed by atoms with Crippen LogP contribution in [-0.4, -0.2) is 19.3 Å². The molecule has 3 rings (SSSR count). The third kappa shape index (κ3) is 4.53. The summed E-state index contributed by atoms with van der Waals surface area (Å²) >= 11 is 1.52. The van der Waals surface area contributed by atoms with E-state index in [-0.39, 0.29) is 16.6 Å². The molecule has 0 radical (unpaired) electrons. The van der Waals surface area contributed by atoms with Crippen molar-refractivity contribution in [1.29, 1.82) is 0 Å². The summed E-state index contributed by atoms with van der Waals surface area (Å²) in [6.45, 7) is 4.94. The molecular formula is C19H18N2O4S2. The van der Waals surface area contributed by atoms with Crippen LogP contribution in [0.2, 0.25) is 0 Å². The first-order valence-corrected chi connectivity index (χ1v) is 10.4. The lowest BCUT2D eigenvalue weighted by atomic mass is 10.2. The smallest absolute Gasteiger partial charge is 0.339 e. The highest BCUT2D eigenvalue weighted by atomic mass is 32.2. The van der Waals surface area contributed by atoms with E-state index < -0.39 is 10.1 Å². The minimum atomic E-state index is -4.04. The van der Waals surface area contributed by atoms with Crippen LogP contribution < -0.4 is 9.50 Å². The maximum absolute atomic E-state index is 12.7. The van der Waals surface area contributed by atoms with Crippen LogP contribution >= 0.6 is 11.3 Å². The van der Waals surface area contributed by atoms with Crippen molar-refractivity contribution in [3.63, 3.8) is 0 Å². The van der Waals surface area contributed by atoms with Gasteiger partial charge in [-0.1, -0.05) is 6.07 Å². The zero-order chi connectivity index (χ0) is 19.6. The van der Waals surface area contributed by atoms with E-state index in [2.05, 4.69) is 10.3 Å². The molecule has 0 saturated carbocycles. The molecule has 0 aliphatic carbocycles. The Kier molecular flexibility index (Phi) is 5.29. The molecule has 0 unspecified atom stereocenters. The number of benzene rings is 2. The van der Waals surface area contributed by atoms with Gasteiger partial charge in [-0.05, 0) is 55.8 Å². The Morgan fingerprint density at radius 1 is 1.11 bits per heavy atom. The van der Waals surface area contributed by atoms with Gasteiger partial charge < -0.3 is 9.50 Å². The molecule has 27 heavy (non-hydrogen) atoms. The second-order valence-electron chi connectivity index (χ2n) is 6.02. The molecule has 3 aromatic rings. The molecule has 6 nitrogen and oxygen atoms in total. The maximum atomic E-state index is 12.7. The van der Waals surface area contributed by atoms with Gasteiger partial charge in [-0.15, -0.1) is 11.3 Å². The lowest BCUT2D eigenvalue weighted by Gasteiger charge is -2.11. The number of nitrogens with one attached hydrogen (secondary N) is 1. The van der Waals surface area contributed by atoms with Gasteiger partial charge in [0.15, 0.2) is 0 Å². The summed E-state index contributed by atoms with van der Waals surface area (Å²) < 4.78 is 30.6. The summed E-state index contributed by atoms with van der Waals surface area (Å²) in [6.07, 6.45) is 0. The van der Waals surface area contributed by atoms with Crippen molar-refractivity contribution in [2.45, 2.75) is 25.7 Å². The standard InChI is InChI=1S/C19H18N2O4S2/c1-12-4-7-16(21-14(3)22)10-18(12)27(23,24)25-17-8-5-15(6-9-17)19-20-13(2)11-26-19/h4-11H,1-3H3,(H,21,22). The molecule has 0 spiro atoms. The third-order valence-electron chi connectivity index (χ3n) is 3.70. The highest BCUT2D eigenvalue weighted by Gasteiger charge is 2.20. The zero-order valence-corrected chi connectivity index (χ0v) is 16.6. The van der Waals surface area contributed by atoms with Crippen molar-refractivity contribution >= 4 is 33.0 Å². The average molecular weight is 402 g/mol. The van der Waals surface area contributed by atoms with Crippen LogP contribution in [0.15, 0.2) is 52.7 Å². The number of rotatable bonds is 5. The highest BCUT2D eigenvalue weighted by Crippen LogP contribution is 2.28. The van der Waals surface area contributed by atoms with Crippen molar-refractivity contribution in [2.75, 3.05) is 5.32 Å². The fourth-order valence-corrected chi connectivity index (χ4v) is 4.45. The Morgan fingerprint density at radius 3 is 2.41 bits per heavy atom. The summed E-state index contributed by atoms with van der Waals surface area (Å²) in [5.74, 6) is -0.0764. The Bertz CT molecular complexity index is 1090. The Morgan fingerprint density at radius 2 is 1.81 bits per heavy atom. The number of aromatic nitrogens is 1. The molecule has 1 amide bonds.